The van der Waals surface area contributed by atoms with Crippen molar-refractivity contribution in [3.63, 3.8) is 0 Å². The number of amides is 1. The number of carbonyl (C=O) groups excluding carboxylic acids is 2. The van der Waals surface area contributed by atoms with Crippen LogP contribution in [-0.2, 0) is 9.59 Å². The second kappa shape index (κ2) is 4.58. The molecule has 0 radical (unpaired) electrons. The normalized spacial score (nSPS) is 19.6. The molecule has 0 spiro atoms. The van der Waals surface area contributed by atoms with Gasteiger partial charge in [-0.1, -0.05) is 26.7 Å². The van der Waals surface area contributed by atoms with Gasteiger partial charge < -0.3 is 4.90 Å². The monoisotopic (exact) mass is 197 g/mol. The highest BCUT2D eigenvalue weighted by molar-refractivity contribution is 6.37. The molecule has 1 aliphatic heterocycles. The summed E-state index contributed by atoms with van der Waals surface area (Å²) in [5.41, 5.74) is 0. The molecular formula is C11H19NO2. The summed E-state index contributed by atoms with van der Waals surface area (Å²) < 4.78 is 0. The van der Waals surface area contributed by atoms with Crippen molar-refractivity contribution in [2.24, 2.45) is 5.92 Å². The van der Waals surface area contributed by atoms with Gasteiger partial charge in [0.15, 0.2) is 0 Å². The number of hydrogen-bond donors (Lipinski definition) is 0. The smallest absolute Gasteiger partial charge is 0.290 e. The summed E-state index contributed by atoms with van der Waals surface area (Å²) in [6.45, 7) is 6.93. The van der Waals surface area contributed by atoms with Crippen molar-refractivity contribution < 1.29 is 9.59 Å². The SMILES string of the molecule is CCC(CC)C(C)N1CCC(=O)C1=O. The molecular weight excluding hydrogens is 178 g/mol. The Morgan fingerprint density at radius 3 is 2.21 bits per heavy atom. The highest BCUT2D eigenvalue weighted by Crippen LogP contribution is 2.21. The van der Waals surface area contributed by atoms with Gasteiger partial charge in [0.2, 0.25) is 5.78 Å². The Morgan fingerprint density at radius 1 is 1.29 bits per heavy atom. The Bertz CT molecular complexity index is 233. The molecule has 1 saturated heterocycles. The van der Waals surface area contributed by atoms with E-state index in [2.05, 4.69) is 13.8 Å². The van der Waals surface area contributed by atoms with E-state index in [1.165, 1.54) is 0 Å². The van der Waals surface area contributed by atoms with Crippen LogP contribution >= 0.6 is 0 Å². The minimum absolute atomic E-state index is 0.212. The Kier molecular flexibility index (Phi) is 3.67. The van der Waals surface area contributed by atoms with E-state index < -0.39 is 0 Å². The molecule has 1 fully saturated rings. The van der Waals surface area contributed by atoms with Gasteiger partial charge in [-0.3, -0.25) is 9.59 Å². The maximum absolute atomic E-state index is 11.5. The topological polar surface area (TPSA) is 37.4 Å². The first-order valence-electron chi connectivity index (χ1n) is 5.45. The van der Waals surface area contributed by atoms with Crippen LogP contribution in [0.25, 0.3) is 0 Å². The van der Waals surface area contributed by atoms with Gasteiger partial charge in [0.25, 0.3) is 5.91 Å². The molecule has 3 heteroatoms. The molecule has 0 aromatic carbocycles. The molecule has 80 valence electrons. The molecule has 0 saturated carbocycles. The molecule has 1 rings (SSSR count). The summed E-state index contributed by atoms with van der Waals surface area (Å²) in [5, 5.41) is 0. The molecule has 1 atom stereocenters. The molecule has 0 aliphatic carbocycles. The maximum Gasteiger partial charge on any atom is 0.290 e. The van der Waals surface area contributed by atoms with Gasteiger partial charge in [0.1, 0.15) is 0 Å². The lowest BCUT2D eigenvalue weighted by Crippen LogP contribution is -2.40. The maximum atomic E-state index is 11.5. The molecule has 14 heavy (non-hydrogen) atoms. The first-order valence-corrected chi connectivity index (χ1v) is 5.45. The van der Waals surface area contributed by atoms with Crippen LogP contribution in [0.1, 0.15) is 40.0 Å². The highest BCUT2D eigenvalue weighted by atomic mass is 16.2. The Labute approximate surface area is 85.5 Å². The molecule has 3 nitrogen and oxygen atoms in total. The van der Waals surface area contributed by atoms with Crippen LogP contribution in [0.2, 0.25) is 0 Å². The average Bonchev–Trinajstić information content (AvgIpc) is 2.49. The fourth-order valence-corrected chi connectivity index (χ4v) is 2.20. The van der Waals surface area contributed by atoms with Crippen molar-refractivity contribution in [1.29, 1.82) is 0 Å². The van der Waals surface area contributed by atoms with Gasteiger partial charge >= 0.3 is 0 Å². The van der Waals surface area contributed by atoms with Crippen LogP contribution in [0.3, 0.4) is 0 Å². The van der Waals surface area contributed by atoms with Gasteiger partial charge in [0.05, 0.1) is 0 Å². The van der Waals surface area contributed by atoms with Crippen molar-refractivity contribution >= 4 is 11.7 Å². The number of hydrogen-bond acceptors (Lipinski definition) is 2. The van der Waals surface area contributed by atoms with Crippen molar-refractivity contribution in [2.45, 2.75) is 46.1 Å². The van der Waals surface area contributed by atoms with Crippen LogP contribution in [0.15, 0.2) is 0 Å². The number of Topliss-reactive ketones (excluding diaryl/α,β-unsaturated/α-hetero) is 1. The van der Waals surface area contributed by atoms with Crippen LogP contribution in [0.5, 0.6) is 0 Å². The third kappa shape index (κ3) is 1.97. The largest absolute Gasteiger partial charge is 0.333 e. The Morgan fingerprint density at radius 2 is 1.86 bits per heavy atom. The third-order valence-corrected chi connectivity index (χ3v) is 3.30. The molecule has 1 unspecified atom stereocenters. The van der Waals surface area contributed by atoms with E-state index in [1.807, 2.05) is 6.92 Å². The Hall–Kier alpha value is -0.860. The van der Waals surface area contributed by atoms with Crippen molar-refractivity contribution in [3.05, 3.63) is 0 Å². The molecule has 1 aliphatic rings. The van der Waals surface area contributed by atoms with Gasteiger partial charge in [0, 0.05) is 19.0 Å². The van der Waals surface area contributed by atoms with Crippen LogP contribution in [-0.4, -0.2) is 29.2 Å². The molecule has 0 N–H and O–H groups in total. The zero-order valence-corrected chi connectivity index (χ0v) is 9.25. The van der Waals surface area contributed by atoms with E-state index in [0.29, 0.717) is 18.9 Å². The van der Waals surface area contributed by atoms with Crippen LogP contribution in [0, 0.1) is 5.92 Å². The van der Waals surface area contributed by atoms with Gasteiger partial charge in [-0.05, 0) is 12.8 Å². The van der Waals surface area contributed by atoms with Crippen molar-refractivity contribution in [2.75, 3.05) is 6.54 Å². The minimum Gasteiger partial charge on any atom is -0.333 e. The highest BCUT2D eigenvalue weighted by Gasteiger charge is 2.34. The lowest BCUT2D eigenvalue weighted by molar-refractivity contribution is -0.141. The lowest BCUT2D eigenvalue weighted by Gasteiger charge is -2.29. The zero-order chi connectivity index (χ0) is 10.7. The lowest BCUT2D eigenvalue weighted by atomic mass is 9.94. The number of rotatable bonds is 4. The fraction of sp³-hybridized carbons (Fsp3) is 0.818. The van der Waals surface area contributed by atoms with Crippen molar-refractivity contribution in [3.8, 4) is 0 Å². The predicted molar refractivity (Wildman–Crippen MR) is 54.9 cm³/mol. The third-order valence-electron chi connectivity index (χ3n) is 3.30. The van der Waals surface area contributed by atoms with E-state index in [4.69, 9.17) is 0 Å². The number of ketones is 1. The summed E-state index contributed by atoms with van der Waals surface area (Å²) in [7, 11) is 0. The zero-order valence-electron chi connectivity index (χ0n) is 9.25. The number of nitrogens with zero attached hydrogens (tertiary/aromatic N) is 1. The van der Waals surface area contributed by atoms with E-state index in [1.54, 1.807) is 4.90 Å². The van der Waals surface area contributed by atoms with E-state index in [0.717, 1.165) is 12.8 Å². The molecule has 1 heterocycles. The number of carbonyl (C=O) groups is 2. The van der Waals surface area contributed by atoms with Gasteiger partial charge in [-0.25, -0.2) is 0 Å². The molecule has 1 amide bonds. The summed E-state index contributed by atoms with van der Waals surface area (Å²) in [4.78, 5) is 24.3. The van der Waals surface area contributed by atoms with Gasteiger partial charge in [-0.2, -0.15) is 0 Å². The predicted octanol–water partition coefficient (Wildman–Crippen LogP) is 1.61. The summed E-state index contributed by atoms with van der Waals surface area (Å²) in [5.74, 6) is 0.0251. The first kappa shape index (κ1) is 11.2. The molecule has 0 aromatic rings. The Balaban J connectivity index is 2.65. The molecule has 0 bridgehead atoms. The second-order valence-corrected chi connectivity index (χ2v) is 3.99. The van der Waals surface area contributed by atoms with E-state index >= 15 is 0 Å². The van der Waals surface area contributed by atoms with E-state index in [-0.39, 0.29) is 17.7 Å². The number of likely N-dealkylation sites (tertiary alicyclic amines) is 1. The standard InChI is InChI=1S/C11H19NO2/c1-4-9(5-2)8(3)12-7-6-10(13)11(12)14/h8-9H,4-7H2,1-3H3. The van der Waals surface area contributed by atoms with Crippen LogP contribution < -0.4 is 0 Å². The summed E-state index contributed by atoms with van der Waals surface area (Å²) in [6.07, 6.45) is 2.54. The fourth-order valence-electron chi connectivity index (χ4n) is 2.20. The van der Waals surface area contributed by atoms with E-state index in [9.17, 15) is 9.59 Å². The quantitative estimate of drug-likeness (QED) is 0.642. The second-order valence-electron chi connectivity index (χ2n) is 3.99. The van der Waals surface area contributed by atoms with Gasteiger partial charge in [-0.15, -0.1) is 0 Å². The first-order chi connectivity index (χ1) is 6.61. The average molecular weight is 197 g/mol. The van der Waals surface area contributed by atoms with Crippen molar-refractivity contribution in [1.82, 2.24) is 4.90 Å². The minimum atomic E-state index is -0.274. The van der Waals surface area contributed by atoms with Crippen LogP contribution in [0.4, 0.5) is 0 Å². The molecule has 0 aromatic heterocycles. The summed E-state index contributed by atoms with van der Waals surface area (Å²) >= 11 is 0. The summed E-state index contributed by atoms with van der Waals surface area (Å²) in [6, 6.07) is 0.212.